The molecule has 1 rings (SSSR count). The summed E-state index contributed by atoms with van der Waals surface area (Å²) in [7, 11) is 0. The molecule has 0 fully saturated rings. The van der Waals surface area contributed by atoms with E-state index >= 15 is 0 Å². The van der Waals surface area contributed by atoms with Crippen molar-refractivity contribution in [2.24, 2.45) is 0 Å². The molecule has 2 N–H and O–H groups in total. The third-order valence-corrected chi connectivity index (χ3v) is 2.72. The molecule has 0 saturated carbocycles. The lowest BCUT2D eigenvalue weighted by Gasteiger charge is -2.26. The number of carbonyl (C=O) groups excluding carboxylic acids is 1. The molecule has 0 spiro atoms. The van der Waals surface area contributed by atoms with Gasteiger partial charge in [-0.15, -0.1) is 0 Å². The van der Waals surface area contributed by atoms with Gasteiger partial charge in [0.1, 0.15) is 11.5 Å². The van der Waals surface area contributed by atoms with Gasteiger partial charge in [-0.05, 0) is 46.4 Å². The monoisotopic (exact) mass is 238 g/mol. The van der Waals surface area contributed by atoms with Crippen LogP contribution >= 0.6 is 0 Å². The molecule has 17 heavy (non-hydrogen) atoms. The van der Waals surface area contributed by atoms with E-state index in [0.717, 1.165) is 18.1 Å². The van der Waals surface area contributed by atoms with Crippen LogP contribution in [0.4, 0.5) is 0 Å². The quantitative estimate of drug-likeness (QED) is 0.826. The van der Waals surface area contributed by atoms with Crippen molar-refractivity contribution in [2.45, 2.75) is 46.2 Å². The first kappa shape index (κ1) is 13.8. The highest BCUT2D eigenvalue weighted by Gasteiger charge is 2.27. The highest BCUT2D eigenvalue weighted by atomic mass is 16.3. The van der Waals surface area contributed by atoms with Crippen LogP contribution in [0, 0.1) is 6.92 Å². The minimum atomic E-state index is -0.565. The van der Waals surface area contributed by atoms with E-state index in [1.54, 1.807) is 0 Å². The number of likely N-dealkylation sites (N-methyl/N-ethyl adjacent to an activating group) is 1. The predicted molar refractivity (Wildman–Crippen MR) is 67.8 cm³/mol. The minimum absolute atomic E-state index is 0.0269. The van der Waals surface area contributed by atoms with Crippen LogP contribution < -0.4 is 10.6 Å². The molecular formula is C13H22N2O2. The van der Waals surface area contributed by atoms with Crippen LogP contribution in [0.3, 0.4) is 0 Å². The van der Waals surface area contributed by atoms with Crippen LogP contribution in [0.5, 0.6) is 0 Å². The fourth-order valence-corrected chi connectivity index (χ4v) is 1.66. The molecule has 1 unspecified atom stereocenters. The van der Waals surface area contributed by atoms with Crippen LogP contribution in [-0.2, 0) is 4.79 Å². The van der Waals surface area contributed by atoms with E-state index in [9.17, 15) is 4.79 Å². The summed E-state index contributed by atoms with van der Waals surface area (Å²) in [4.78, 5) is 12.0. The number of aryl methyl sites for hydroxylation is 1. The predicted octanol–water partition coefficient (Wildman–Crippen LogP) is 2.15. The van der Waals surface area contributed by atoms with Crippen LogP contribution in [0.2, 0.25) is 0 Å². The SMILES string of the molecule is CCNC(C)(C)C(=O)NC(C)c1ccc(C)o1. The molecular weight excluding hydrogens is 216 g/mol. The molecule has 0 bridgehead atoms. The van der Waals surface area contributed by atoms with Crippen molar-refractivity contribution < 1.29 is 9.21 Å². The van der Waals surface area contributed by atoms with Gasteiger partial charge in [-0.1, -0.05) is 6.92 Å². The zero-order valence-electron chi connectivity index (χ0n) is 11.3. The molecule has 1 amide bonds. The Labute approximate surface area is 103 Å². The Balaban J connectivity index is 2.63. The molecule has 0 aliphatic rings. The lowest BCUT2D eigenvalue weighted by molar-refractivity contribution is -0.127. The lowest BCUT2D eigenvalue weighted by Crippen LogP contribution is -2.52. The van der Waals surface area contributed by atoms with Crippen molar-refractivity contribution in [3.8, 4) is 0 Å². The molecule has 96 valence electrons. The van der Waals surface area contributed by atoms with Crippen molar-refractivity contribution >= 4 is 5.91 Å². The molecule has 0 aliphatic heterocycles. The van der Waals surface area contributed by atoms with Crippen molar-refractivity contribution in [1.29, 1.82) is 0 Å². The summed E-state index contributed by atoms with van der Waals surface area (Å²) in [6.45, 7) is 10.3. The van der Waals surface area contributed by atoms with E-state index in [4.69, 9.17) is 4.42 Å². The highest BCUT2D eigenvalue weighted by molar-refractivity contribution is 5.85. The molecule has 1 heterocycles. The zero-order chi connectivity index (χ0) is 13.1. The summed E-state index contributed by atoms with van der Waals surface area (Å²) >= 11 is 0. The van der Waals surface area contributed by atoms with E-state index in [2.05, 4.69) is 10.6 Å². The third-order valence-electron chi connectivity index (χ3n) is 2.72. The summed E-state index contributed by atoms with van der Waals surface area (Å²) in [6, 6.07) is 3.67. The fourth-order valence-electron chi connectivity index (χ4n) is 1.66. The molecule has 0 saturated heterocycles. The smallest absolute Gasteiger partial charge is 0.240 e. The normalized spacial score (nSPS) is 13.5. The fraction of sp³-hybridized carbons (Fsp3) is 0.615. The number of hydrogen-bond donors (Lipinski definition) is 2. The summed E-state index contributed by atoms with van der Waals surface area (Å²) in [5, 5.41) is 6.08. The average molecular weight is 238 g/mol. The van der Waals surface area contributed by atoms with E-state index in [1.807, 2.05) is 46.8 Å². The molecule has 4 nitrogen and oxygen atoms in total. The van der Waals surface area contributed by atoms with Gasteiger partial charge in [0, 0.05) is 0 Å². The molecule has 0 radical (unpaired) electrons. The first-order valence-corrected chi connectivity index (χ1v) is 5.99. The van der Waals surface area contributed by atoms with Gasteiger partial charge >= 0.3 is 0 Å². The van der Waals surface area contributed by atoms with Crippen LogP contribution in [0.25, 0.3) is 0 Å². The number of rotatable bonds is 5. The van der Waals surface area contributed by atoms with Gasteiger partial charge in [0.2, 0.25) is 5.91 Å². The van der Waals surface area contributed by atoms with Crippen LogP contribution in [0.15, 0.2) is 16.5 Å². The van der Waals surface area contributed by atoms with Crippen LogP contribution in [-0.4, -0.2) is 18.0 Å². The number of furan rings is 1. The van der Waals surface area contributed by atoms with Gasteiger partial charge in [0.05, 0.1) is 11.6 Å². The standard InChI is InChI=1S/C13H22N2O2/c1-6-14-13(4,5)12(16)15-10(3)11-8-7-9(2)17-11/h7-8,10,14H,6H2,1-5H3,(H,15,16). The first-order valence-electron chi connectivity index (χ1n) is 5.99. The van der Waals surface area contributed by atoms with Gasteiger partial charge in [-0.3, -0.25) is 4.79 Å². The van der Waals surface area contributed by atoms with Gasteiger partial charge in [0.15, 0.2) is 0 Å². The zero-order valence-corrected chi connectivity index (χ0v) is 11.3. The number of carbonyl (C=O) groups is 1. The van der Waals surface area contributed by atoms with Crippen molar-refractivity contribution in [1.82, 2.24) is 10.6 Å². The summed E-state index contributed by atoms with van der Waals surface area (Å²) in [5.41, 5.74) is -0.565. The Bertz CT molecular complexity index is 383. The van der Waals surface area contributed by atoms with Crippen molar-refractivity contribution in [2.75, 3.05) is 6.54 Å². The second kappa shape index (κ2) is 5.36. The van der Waals surface area contributed by atoms with Gasteiger partial charge in [-0.25, -0.2) is 0 Å². The molecule has 1 aromatic heterocycles. The summed E-state index contributed by atoms with van der Waals surface area (Å²) < 4.78 is 5.48. The number of nitrogens with one attached hydrogen (secondary N) is 2. The van der Waals surface area contributed by atoms with Crippen molar-refractivity contribution in [3.05, 3.63) is 23.7 Å². The number of hydrogen-bond acceptors (Lipinski definition) is 3. The van der Waals surface area contributed by atoms with E-state index in [0.29, 0.717) is 0 Å². The molecule has 0 aliphatic carbocycles. The highest BCUT2D eigenvalue weighted by Crippen LogP contribution is 2.16. The Morgan fingerprint density at radius 3 is 2.59 bits per heavy atom. The Morgan fingerprint density at radius 1 is 1.47 bits per heavy atom. The van der Waals surface area contributed by atoms with Gasteiger partial charge in [-0.2, -0.15) is 0 Å². The molecule has 1 aromatic rings. The Morgan fingerprint density at radius 2 is 2.12 bits per heavy atom. The molecule has 1 atom stereocenters. The van der Waals surface area contributed by atoms with Gasteiger partial charge < -0.3 is 15.1 Å². The largest absolute Gasteiger partial charge is 0.464 e. The van der Waals surface area contributed by atoms with E-state index < -0.39 is 5.54 Å². The topological polar surface area (TPSA) is 54.3 Å². The lowest BCUT2D eigenvalue weighted by atomic mass is 10.0. The maximum atomic E-state index is 12.0. The molecule has 0 aromatic carbocycles. The van der Waals surface area contributed by atoms with Crippen molar-refractivity contribution in [3.63, 3.8) is 0 Å². The summed E-state index contributed by atoms with van der Waals surface area (Å²) in [6.07, 6.45) is 0. The second-order valence-electron chi connectivity index (χ2n) is 4.80. The minimum Gasteiger partial charge on any atom is -0.464 e. The average Bonchev–Trinajstić information content (AvgIpc) is 2.64. The first-order chi connectivity index (χ1) is 7.86. The molecule has 4 heteroatoms. The third kappa shape index (κ3) is 3.60. The Kier molecular flexibility index (Phi) is 4.34. The van der Waals surface area contributed by atoms with Crippen LogP contribution in [0.1, 0.15) is 45.3 Å². The maximum Gasteiger partial charge on any atom is 0.240 e. The maximum absolute atomic E-state index is 12.0. The number of amides is 1. The summed E-state index contributed by atoms with van der Waals surface area (Å²) in [5.74, 6) is 1.61. The van der Waals surface area contributed by atoms with E-state index in [1.165, 1.54) is 0 Å². The second-order valence-corrected chi connectivity index (χ2v) is 4.80. The van der Waals surface area contributed by atoms with Gasteiger partial charge in [0.25, 0.3) is 0 Å². The Hall–Kier alpha value is -1.29. The van der Waals surface area contributed by atoms with E-state index in [-0.39, 0.29) is 11.9 Å².